The first-order valence-electron chi connectivity index (χ1n) is 6.06. The number of nitrogens with two attached hydrogens (primary N) is 1. The molecule has 1 fully saturated rings. The Hall–Kier alpha value is -1.18. The lowest BCUT2D eigenvalue weighted by atomic mass is 10.1. The number of nitrogens with one attached hydrogen (secondary N) is 1. The highest BCUT2D eigenvalue weighted by Gasteiger charge is 2.25. The molecule has 7 heteroatoms. The molecule has 0 radical (unpaired) electrons. The fourth-order valence-electron chi connectivity index (χ4n) is 2.08. The van der Waals surface area contributed by atoms with Gasteiger partial charge in [0, 0.05) is 18.3 Å². The monoisotopic (exact) mass is 288 g/mol. The van der Waals surface area contributed by atoms with E-state index in [1.807, 2.05) is 0 Å². The number of hydrogen-bond acceptors (Lipinski definition) is 4. The molecule has 0 bridgehead atoms. The summed E-state index contributed by atoms with van der Waals surface area (Å²) in [4.78, 5) is -0.407. The molecule has 1 aliphatic rings. The summed E-state index contributed by atoms with van der Waals surface area (Å²) in [5.74, 6) is -0.765. The number of rotatable bonds is 3. The van der Waals surface area contributed by atoms with Crippen LogP contribution in [0.15, 0.2) is 17.0 Å². The summed E-state index contributed by atoms with van der Waals surface area (Å²) in [6, 6.07) is 2.21. The van der Waals surface area contributed by atoms with Crippen LogP contribution in [0, 0.1) is 12.7 Å². The van der Waals surface area contributed by atoms with E-state index in [2.05, 4.69) is 4.72 Å². The van der Waals surface area contributed by atoms with Crippen molar-refractivity contribution in [2.45, 2.75) is 30.7 Å². The summed E-state index contributed by atoms with van der Waals surface area (Å²) in [6.07, 6.45) is 1.47. The highest BCUT2D eigenvalue weighted by Crippen LogP contribution is 2.22. The summed E-state index contributed by atoms with van der Waals surface area (Å²) in [7, 11) is -3.92. The van der Waals surface area contributed by atoms with E-state index in [1.54, 1.807) is 0 Å². The zero-order valence-corrected chi connectivity index (χ0v) is 11.5. The standard InChI is InChI=1S/C12H17FN2O3S/c1-8-5-9(14)6-11(12(8)13)19(16,17)15-10-3-2-4-18-7-10/h5-6,10,15H,2-4,7,14H2,1H3. The number of aryl methyl sites for hydroxylation is 1. The van der Waals surface area contributed by atoms with Gasteiger partial charge in [0.1, 0.15) is 10.7 Å². The number of hydrogen-bond donors (Lipinski definition) is 2. The molecule has 1 aliphatic heterocycles. The van der Waals surface area contributed by atoms with E-state index in [0.717, 1.165) is 12.5 Å². The lowest BCUT2D eigenvalue weighted by Gasteiger charge is -2.23. The van der Waals surface area contributed by atoms with E-state index < -0.39 is 20.7 Å². The second-order valence-corrected chi connectivity index (χ2v) is 6.37. The molecule has 0 aromatic heterocycles. The molecule has 0 saturated carbocycles. The lowest BCUT2D eigenvalue weighted by Crippen LogP contribution is -2.40. The third kappa shape index (κ3) is 3.23. The van der Waals surface area contributed by atoms with Crippen LogP contribution >= 0.6 is 0 Å². The van der Waals surface area contributed by atoms with Crippen LogP contribution in [0.2, 0.25) is 0 Å². The van der Waals surface area contributed by atoms with E-state index in [1.165, 1.54) is 13.0 Å². The summed E-state index contributed by atoms with van der Waals surface area (Å²) < 4.78 is 45.9. The van der Waals surface area contributed by atoms with Crippen LogP contribution in [0.3, 0.4) is 0 Å². The number of nitrogen functional groups attached to an aromatic ring is 1. The highest BCUT2D eigenvalue weighted by molar-refractivity contribution is 7.89. The quantitative estimate of drug-likeness (QED) is 0.818. The molecule has 106 valence electrons. The Morgan fingerprint density at radius 1 is 1.47 bits per heavy atom. The first kappa shape index (κ1) is 14.2. The summed E-state index contributed by atoms with van der Waals surface area (Å²) in [5, 5.41) is 0. The van der Waals surface area contributed by atoms with E-state index in [0.29, 0.717) is 19.6 Å². The Bertz CT molecular complexity index is 569. The first-order chi connectivity index (χ1) is 8.90. The van der Waals surface area contributed by atoms with Crippen LogP contribution in [0.25, 0.3) is 0 Å². The molecule has 1 heterocycles. The minimum absolute atomic E-state index is 0.209. The van der Waals surface area contributed by atoms with Crippen molar-refractivity contribution in [3.63, 3.8) is 0 Å². The molecule has 1 unspecified atom stereocenters. The Morgan fingerprint density at radius 2 is 2.21 bits per heavy atom. The van der Waals surface area contributed by atoms with Crippen LogP contribution in [-0.4, -0.2) is 27.7 Å². The maximum absolute atomic E-state index is 13.9. The molecule has 1 saturated heterocycles. The lowest BCUT2D eigenvalue weighted by molar-refractivity contribution is 0.0774. The molecule has 1 atom stereocenters. The predicted octanol–water partition coefficient (Wildman–Crippen LogP) is 1.17. The summed E-state index contributed by atoms with van der Waals surface area (Å²) in [5.41, 5.74) is 6.00. The Balaban J connectivity index is 2.28. The highest BCUT2D eigenvalue weighted by atomic mass is 32.2. The second-order valence-electron chi connectivity index (χ2n) is 4.69. The first-order valence-corrected chi connectivity index (χ1v) is 7.54. The molecule has 0 spiro atoms. The number of benzene rings is 1. The average Bonchev–Trinajstić information content (AvgIpc) is 2.34. The predicted molar refractivity (Wildman–Crippen MR) is 69.7 cm³/mol. The van der Waals surface area contributed by atoms with Gasteiger partial charge in [-0.05, 0) is 37.5 Å². The Labute approximate surface area is 112 Å². The molecule has 3 N–H and O–H groups in total. The van der Waals surface area contributed by atoms with Crippen molar-refractivity contribution in [1.29, 1.82) is 0 Å². The molecule has 1 aromatic carbocycles. The van der Waals surface area contributed by atoms with Crippen molar-refractivity contribution in [3.8, 4) is 0 Å². The fourth-order valence-corrected chi connectivity index (χ4v) is 3.52. The van der Waals surface area contributed by atoms with Crippen molar-refractivity contribution in [1.82, 2.24) is 4.72 Å². The topological polar surface area (TPSA) is 81.4 Å². The van der Waals surface area contributed by atoms with Crippen LogP contribution in [0.4, 0.5) is 10.1 Å². The smallest absolute Gasteiger partial charge is 0.243 e. The second kappa shape index (κ2) is 5.44. The van der Waals surface area contributed by atoms with E-state index in [9.17, 15) is 12.8 Å². The van der Waals surface area contributed by atoms with Gasteiger partial charge in [-0.25, -0.2) is 17.5 Å². The summed E-state index contributed by atoms with van der Waals surface area (Å²) in [6.45, 7) is 2.42. The fraction of sp³-hybridized carbons (Fsp3) is 0.500. The molecular weight excluding hydrogens is 271 g/mol. The van der Waals surface area contributed by atoms with Gasteiger partial charge in [0.15, 0.2) is 0 Å². The van der Waals surface area contributed by atoms with Crippen molar-refractivity contribution in [2.24, 2.45) is 0 Å². The molecule has 19 heavy (non-hydrogen) atoms. The SMILES string of the molecule is Cc1cc(N)cc(S(=O)(=O)NC2CCCOC2)c1F. The van der Waals surface area contributed by atoms with Gasteiger partial charge < -0.3 is 10.5 Å². The minimum Gasteiger partial charge on any atom is -0.399 e. The molecule has 5 nitrogen and oxygen atoms in total. The van der Waals surface area contributed by atoms with Crippen LogP contribution in [0.5, 0.6) is 0 Å². The third-order valence-electron chi connectivity index (χ3n) is 3.02. The Kier molecular flexibility index (Phi) is 4.07. The number of halogens is 1. The average molecular weight is 288 g/mol. The van der Waals surface area contributed by atoms with E-state index in [-0.39, 0.29) is 17.3 Å². The van der Waals surface area contributed by atoms with Crippen LogP contribution < -0.4 is 10.5 Å². The van der Waals surface area contributed by atoms with Gasteiger partial charge in [-0.3, -0.25) is 0 Å². The number of ether oxygens (including phenoxy) is 1. The van der Waals surface area contributed by atoms with Crippen molar-refractivity contribution in [3.05, 3.63) is 23.5 Å². The Morgan fingerprint density at radius 3 is 2.84 bits per heavy atom. The minimum atomic E-state index is -3.92. The van der Waals surface area contributed by atoms with Gasteiger partial charge in [-0.1, -0.05) is 0 Å². The number of anilines is 1. The molecule has 0 amide bonds. The van der Waals surface area contributed by atoms with Gasteiger partial charge >= 0.3 is 0 Å². The van der Waals surface area contributed by atoms with Crippen molar-refractivity contribution < 1.29 is 17.5 Å². The van der Waals surface area contributed by atoms with Crippen molar-refractivity contribution >= 4 is 15.7 Å². The maximum Gasteiger partial charge on any atom is 0.243 e. The van der Waals surface area contributed by atoms with Gasteiger partial charge in [-0.2, -0.15) is 0 Å². The van der Waals surface area contributed by atoms with Crippen molar-refractivity contribution in [2.75, 3.05) is 18.9 Å². The number of sulfonamides is 1. The van der Waals surface area contributed by atoms with Crippen LogP contribution in [-0.2, 0) is 14.8 Å². The van der Waals surface area contributed by atoms with Gasteiger partial charge in [0.05, 0.1) is 6.61 Å². The van der Waals surface area contributed by atoms with Gasteiger partial charge in [0.2, 0.25) is 10.0 Å². The summed E-state index contributed by atoms with van der Waals surface area (Å²) >= 11 is 0. The zero-order valence-electron chi connectivity index (χ0n) is 10.6. The van der Waals surface area contributed by atoms with Gasteiger partial charge in [0.25, 0.3) is 0 Å². The molecular formula is C12H17FN2O3S. The van der Waals surface area contributed by atoms with E-state index in [4.69, 9.17) is 10.5 Å². The third-order valence-corrected chi connectivity index (χ3v) is 4.53. The van der Waals surface area contributed by atoms with E-state index >= 15 is 0 Å². The van der Waals surface area contributed by atoms with Gasteiger partial charge in [-0.15, -0.1) is 0 Å². The molecule has 0 aliphatic carbocycles. The maximum atomic E-state index is 13.9. The normalized spacial score (nSPS) is 20.4. The van der Waals surface area contributed by atoms with Crippen LogP contribution in [0.1, 0.15) is 18.4 Å². The molecule has 2 rings (SSSR count). The zero-order chi connectivity index (χ0) is 14.0. The largest absolute Gasteiger partial charge is 0.399 e. The molecule has 1 aromatic rings.